The van der Waals surface area contributed by atoms with Crippen molar-refractivity contribution in [2.75, 3.05) is 12.4 Å². The van der Waals surface area contributed by atoms with Crippen molar-refractivity contribution in [3.8, 4) is 11.1 Å². The van der Waals surface area contributed by atoms with Gasteiger partial charge in [-0.05, 0) is 44.5 Å². The molecular formula is C21H22ClFN2O6. The molecule has 0 aliphatic carbocycles. The predicted octanol–water partition coefficient (Wildman–Crippen LogP) is 3.81. The van der Waals surface area contributed by atoms with Gasteiger partial charge in [-0.1, -0.05) is 11.6 Å². The smallest absolute Gasteiger partial charge is 0.412 e. The highest BCUT2D eigenvalue weighted by atomic mass is 35.5. The fourth-order valence-electron chi connectivity index (χ4n) is 3.46. The molecule has 8 nitrogen and oxygen atoms in total. The number of aliphatic hydroxyl groups excluding tert-OH is 1. The topological polar surface area (TPSA) is 107 Å². The van der Waals surface area contributed by atoms with E-state index in [1.165, 1.54) is 25.3 Å². The minimum atomic E-state index is -1.14. The SMILES string of the molecule is COC(=O)[C@@H]1CC(O)c2cc(-c3c(NC(=O)OC(C)(C)C)ccc(Cl)c3F)cc(=O)n21. The molecule has 3 rings (SSSR count). The summed E-state index contributed by atoms with van der Waals surface area (Å²) in [5.74, 6) is -1.54. The maximum atomic E-state index is 15.0. The molecule has 1 aliphatic rings. The summed E-state index contributed by atoms with van der Waals surface area (Å²) in [5, 5.41) is 12.6. The molecule has 2 N–H and O–H groups in total. The normalized spacial score (nSPS) is 17.8. The third kappa shape index (κ3) is 4.57. The van der Waals surface area contributed by atoms with Gasteiger partial charge in [-0.3, -0.25) is 14.7 Å². The van der Waals surface area contributed by atoms with Crippen molar-refractivity contribution in [3.05, 3.63) is 51.2 Å². The Hall–Kier alpha value is -2.91. The first kappa shape index (κ1) is 22.8. The fraction of sp³-hybridized carbons (Fsp3) is 0.381. The van der Waals surface area contributed by atoms with Gasteiger partial charge in [0.2, 0.25) is 0 Å². The highest BCUT2D eigenvalue weighted by molar-refractivity contribution is 6.31. The lowest BCUT2D eigenvalue weighted by Crippen LogP contribution is -2.28. The maximum Gasteiger partial charge on any atom is 0.412 e. The molecule has 1 aliphatic heterocycles. The van der Waals surface area contributed by atoms with E-state index >= 15 is 4.39 Å². The van der Waals surface area contributed by atoms with Crippen molar-refractivity contribution in [2.45, 2.75) is 44.9 Å². The second kappa shape index (κ2) is 8.32. The molecule has 31 heavy (non-hydrogen) atoms. The van der Waals surface area contributed by atoms with Crippen molar-refractivity contribution in [2.24, 2.45) is 0 Å². The molecule has 1 amide bonds. The zero-order valence-electron chi connectivity index (χ0n) is 17.4. The number of halogens is 2. The molecule has 0 radical (unpaired) electrons. The summed E-state index contributed by atoms with van der Waals surface area (Å²) >= 11 is 5.94. The second-order valence-electron chi connectivity index (χ2n) is 8.08. The van der Waals surface area contributed by atoms with Gasteiger partial charge in [-0.2, -0.15) is 0 Å². The van der Waals surface area contributed by atoms with E-state index in [4.69, 9.17) is 21.1 Å². The Morgan fingerprint density at radius 2 is 1.97 bits per heavy atom. The summed E-state index contributed by atoms with van der Waals surface area (Å²) in [6.45, 7) is 5.03. The molecule has 2 heterocycles. The van der Waals surface area contributed by atoms with Gasteiger partial charge < -0.3 is 14.6 Å². The largest absolute Gasteiger partial charge is 0.467 e. The van der Waals surface area contributed by atoms with E-state index in [-0.39, 0.29) is 34.0 Å². The van der Waals surface area contributed by atoms with Crippen molar-refractivity contribution in [1.82, 2.24) is 4.57 Å². The lowest BCUT2D eigenvalue weighted by Gasteiger charge is -2.21. The third-order valence-electron chi connectivity index (χ3n) is 4.69. The Morgan fingerprint density at radius 1 is 1.29 bits per heavy atom. The van der Waals surface area contributed by atoms with Gasteiger partial charge >= 0.3 is 12.1 Å². The minimum Gasteiger partial charge on any atom is -0.467 e. The van der Waals surface area contributed by atoms with Crippen molar-refractivity contribution in [1.29, 1.82) is 0 Å². The van der Waals surface area contributed by atoms with Gasteiger partial charge in [-0.15, -0.1) is 0 Å². The maximum absolute atomic E-state index is 15.0. The van der Waals surface area contributed by atoms with E-state index in [1.807, 2.05) is 0 Å². The highest BCUT2D eigenvalue weighted by Gasteiger charge is 2.36. The number of carbonyl (C=O) groups is 2. The number of hydrogen-bond acceptors (Lipinski definition) is 6. The number of nitrogens with one attached hydrogen (secondary N) is 1. The number of aliphatic hydroxyl groups is 1. The number of rotatable bonds is 3. The molecule has 166 valence electrons. The molecule has 0 fully saturated rings. The Labute approximate surface area is 182 Å². The molecule has 2 atom stereocenters. The van der Waals surface area contributed by atoms with E-state index in [0.717, 1.165) is 10.6 Å². The highest BCUT2D eigenvalue weighted by Crippen LogP contribution is 2.39. The van der Waals surface area contributed by atoms with Gasteiger partial charge in [0.15, 0.2) is 5.82 Å². The summed E-state index contributed by atoms with van der Waals surface area (Å²) in [6.07, 6.45) is -2.01. The second-order valence-corrected chi connectivity index (χ2v) is 8.49. The molecule has 1 aromatic carbocycles. The van der Waals surface area contributed by atoms with Crippen LogP contribution in [0.2, 0.25) is 5.02 Å². The van der Waals surface area contributed by atoms with Crippen LogP contribution in [0.1, 0.15) is 45.0 Å². The summed E-state index contributed by atoms with van der Waals surface area (Å²) in [7, 11) is 1.18. The van der Waals surface area contributed by atoms with Gasteiger partial charge in [-0.25, -0.2) is 14.0 Å². The van der Waals surface area contributed by atoms with Crippen LogP contribution in [0.15, 0.2) is 29.1 Å². The standard InChI is InChI=1S/C21H22ClFN2O6/c1-21(2,3)31-20(29)24-12-6-5-11(22)18(23)17(12)10-7-13-15(26)9-14(19(28)30-4)25(13)16(27)8-10/h5-8,14-15,26H,9H2,1-4H3,(H,24,29)/t14-,15?/m0/s1. The van der Waals surface area contributed by atoms with Gasteiger partial charge in [0.25, 0.3) is 5.56 Å². The van der Waals surface area contributed by atoms with Gasteiger partial charge in [0, 0.05) is 18.1 Å². The summed E-state index contributed by atoms with van der Waals surface area (Å²) in [5.41, 5.74) is -1.34. The molecule has 2 aromatic rings. The third-order valence-corrected chi connectivity index (χ3v) is 4.98. The van der Waals surface area contributed by atoms with Crippen LogP contribution in [0.25, 0.3) is 11.1 Å². The number of methoxy groups -OCH3 is 1. The van der Waals surface area contributed by atoms with Crippen LogP contribution in [-0.2, 0) is 14.3 Å². The number of pyridine rings is 1. The Balaban J connectivity index is 2.12. The number of benzene rings is 1. The van der Waals surface area contributed by atoms with E-state index in [0.29, 0.717) is 0 Å². The number of hydrogen-bond donors (Lipinski definition) is 2. The number of anilines is 1. The average molecular weight is 453 g/mol. The molecule has 0 saturated carbocycles. The number of aromatic nitrogens is 1. The van der Waals surface area contributed by atoms with Gasteiger partial charge in [0.1, 0.15) is 11.6 Å². The predicted molar refractivity (Wildman–Crippen MR) is 112 cm³/mol. The van der Waals surface area contributed by atoms with E-state index < -0.39 is 41.2 Å². The van der Waals surface area contributed by atoms with E-state index in [9.17, 15) is 19.5 Å². The minimum absolute atomic E-state index is 0.0255. The molecule has 0 spiro atoms. The Bertz CT molecular complexity index is 1110. The van der Waals surface area contributed by atoms with Crippen LogP contribution in [-0.4, -0.2) is 34.4 Å². The van der Waals surface area contributed by atoms with Crippen LogP contribution < -0.4 is 10.9 Å². The Morgan fingerprint density at radius 3 is 2.58 bits per heavy atom. The van der Waals surface area contributed by atoms with E-state index in [1.54, 1.807) is 20.8 Å². The van der Waals surface area contributed by atoms with Crippen molar-refractivity contribution >= 4 is 29.4 Å². The molecule has 10 heteroatoms. The lowest BCUT2D eigenvalue weighted by atomic mass is 10.0. The summed E-state index contributed by atoms with van der Waals surface area (Å²) < 4.78 is 26.0. The molecule has 1 unspecified atom stereocenters. The summed E-state index contributed by atoms with van der Waals surface area (Å²) in [4.78, 5) is 37.0. The van der Waals surface area contributed by atoms with Crippen LogP contribution in [0.5, 0.6) is 0 Å². The molecular weight excluding hydrogens is 431 g/mol. The first-order chi connectivity index (χ1) is 14.4. The van der Waals surface area contributed by atoms with Crippen LogP contribution in [0.4, 0.5) is 14.9 Å². The monoisotopic (exact) mass is 452 g/mol. The van der Waals surface area contributed by atoms with Gasteiger partial charge in [0.05, 0.1) is 29.6 Å². The van der Waals surface area contributed by atoms with Crippen LogP contribution >= 0.6 is 11.6 Å². The number of ether oxygens (including phenoxy) is 2. The zero-order chi connectivity index (χ0) is 23.1. The molecule has 0 saturated heterocycles. The zero-order valence-corrected chi connectivity index (χ0v) is 18.1. The quantitative estimate of drug-likeness (QED) is 0.686. The number of nitrogens with zero attached hydrogens (tertiary/aromatic N) is 1. The van der Waals surface area contributed by atoms with Crippen molar-refractivity contribution in [3.63, 3.8) is 0 Å². The summed E-state index contributed by atoms with van der Waals surface area (Å²) in [6, 6.07) is 4.13. The number of fused-ring (bicyclic) bond motifs is 1. The lowest BCUT2D eigenvalue weighted by molar-refractivity contribution is -0.144. The molecule has 0 bridgehead atoms. The molecule has 1 aromatic heterocycles. The average Bonchev–Trinajstić information content (AvgIpc) is 3.00. The van der Waals surface area contributed by atoms with Crippen LogP contribution in [0.3, 0.4) is 0 Å². The fourth-order valence-corrected chi connectivity index (χ4v) is 3.62. The van der Waals surface area contributed by atoms with Crippen LogP contribution in [0, 0.1) is 5.82 Å². The first-order valence-electron chi connectivity index (χ1n) is 9.43. The number of esters is 1. The number of carbonyl (C=O) groups excluding carboxylic acids is 2. The van der Waals surface area contributed by atoms with E-state index in [2.05, 4.69) is 5.32 Å². The van der Waals surface area contributed by atoms with Crippen molar-refractivity contribution < 1.29 is 28.6 Å². The Kier molecular flexibility index (Phi) is 6.11. The first-order valence-corrected chi connectivity index (χ1v) is 9.81. The number of amides is 1.